The minimum atomic E-state index is -0.180. The van der Waals surface area contributed by atoms with Crippen LogP contribution in [0, 0.1) is 0 Å². The summed E-state index contributed by atoms with van der Waals surface area (Å²) in [5.41, 5.74) is 8.63. The van der Waals surface area contributed by atoms with E-state index in [0.29, 0.717) is 18.1 Å². The van der Waals surface area contributed by atoms with Crippen molar-refractivity contribution in [1.29, 1.82) is 0 Å². The van der Waals surface area contributed by atoms with Crippen molar-refractivity contribution in [2.45, 2.75) is 12.7 Å². The van der Waals surface area contributed by atoms with Crippen LogP contribution in [0.3, 0.4) is 0 Å². The molecule has 0 amide bonds. The van der Waals surface area contributed by atoms with Crippen LogP contribution in [0.1, 0.15) is 12.5 Å². The zero-order valence-corrected chi connectivity index (χ0v) is 11.6. The van der Waals surface area contributed by atoms with Crippen LogP contribution in [-0.2, 0) is 15.3 Å². The van der Waals surface area contributed by atoms with Gasteiger partial charge in [-0.3, -0.25) is 9.78 Å². The molecule has 100 valence electrons. The van der Waals surface area contributed by atoms with Crippen molar-refractivity contribution < 1.29 is 9.53 Å². The van der Waals surface area contributed by atoms with Crippen LogP contribution in [0.15, 0.2) is 30.5 Å². The van der Waals surface area contributed by atoms with Crippen LogP contribution in [0.25, 0.3) is 10.9 Å². The molecule has 0 radical (unpaired) electrons. The summed E-state index contributed by atoms with van der Waals surface area (Å²) in [5, 5.41) is 0.955. The van der Waals surface area contributed by atoms with Gasteiger partial charge in [0.25, 0.3) is 0 Å². The van der Waals surface area contributed by atoms with Crippen LogP contribution in [0.5, 0.6) is 0 Å². The highest BCUT2D eigenvalue weighted by atomic mass is 32.2. The van der Waals surface area contributed by atoms with E-state index in [0.717, 1.165) is 22.2 Å². The van der Waals surface area contributed by atoms with E-state index >= 15 is 0 Å². The van der Waals surface area contributed by atoms with E-state index in [4.69, 9.17) is 10.5 Å². The standard InChI is InChI=1S/C14H16N2O2S/c1-2-18-13(17)9-19-8-10-5-6-12(15)11-4-3-7-16-14(10)11/h3-7H,2,8-9,15H2,1H3. The fraction of sp³-hybridized carbons (Fsp3) is 0.286. The number of hydrogen-bond acceptors (Lipinski definition) is 5. The molecular weight excluding hydrogens is 260 g/mol. The number of esters is 1. The zero-order valence-electron chi connectivity index (χ0n) is 10.8. The summed E-state index contributed by atoms with van der Waals surface area (Å²) in [4.78, 5) is 15.6. The average Bonchev–Trinajstić information content (AvgIpc) is 2.42. The molecule has 2 N–H and O–H groups in total. The Hall–Kier alpha value is -1.75. The van der Waals surface area contributed by atoms with E-state index in [-0.39, 0.29) is 5.97 Å². The third-order valence-corrected chi connectivity index (χ3v) is 3.62. The summed E-state index contributed by atoms with van der Waals surface area (Å²) in [7, 11) is 0. The third kappa shape index (κ3) is 3.38. The number of carbonyl (C=O) groups excluding carboxylic acids is 1. The Morgan fingerprint density at radius 3 is 3.05 bits per heavy atom. The van der Waals surface area contributed by atoms with Gasteiger partial charge in [0, 0.05) is 23.0 Å². The molecule has 5 heteroatoms. The van der Waals surface area contributed by atoms with Crippen LogP contribution < -0.4 is 5.73 Å². The maximum atomic E-state index is 11.3. The van der Waals surface area contributed by atoms with Gasteiger partial charge in [-0.25, -0.2) is 0 Å². The number of pyridine rings is 1. The van der Waals surface area contributed by atoms with E-state index < -0.39 is 0 Å². The number of nitrogens with zero attached hydrogens (tertiary/aromatic N) is 1. The van der Waals surface area contributed by atoms with Crippen molar-refractivity contribution in [3.8, 4) is 0 Å². The lowest BCUT2D eigenvalue weighted by Gasteiger charge is -2.07. The number of benzene rings is 1. The number of ether oxygens (including phenoxy) is 1. The molecule has 1 aromatic carbocycles. The van der Waals surface area contributed by atoms with E-state index in [2.05, 4.69) is 4.98 Å². The van der Waals surface area contributed by atoms with Gasteiger partial charge in [0.2, 0.25) is 0 Å². The molecule has 19 heavy (non-hydrogen) atoms. The molecule has 1 heterocycles. The number of nitrogens with two attached hydrogens (primary N) is 1. The third-order valence-electron chi connectivity index (χ3n) is 2.67. The Morgan fingerprint density at radius 1 is 1.42 bits per heavy atom. The topological polar surface area (TPSA) is 65.2 Å². The summed E-state index contributed by atoms with van der Waals surface area (Å²) in [6.07, 6.45) is 1.75. The first-order chi connectivity index (χ1) is 9.22. The summed E-state index contributed by atoms with van der Waals surface area (Å²) in [6, 6.07) is 7.67. The molecule has 0 aliphatic carbocycles. The van der Waals surface area contributed by atoms with Crippen LogP contribution in [0.2, 0.25) is 0 Å². The highest BCUT2D eigenvalue weighted by molar-refractivity contribution is 7.99. The minimum absolute atomic E-state index is 0.180. The fourth-order valence-electron chi connectivity index (χ4n) is 1.82. The van der Waals surface area contributed by atoms with Gasteiger partial charge in [0.05, 0.1) is 17.9 Å². The van der Waals surface area contributed by atoms with E-state index in [1.165, 1.54) is 11.8 Å². The van der Waals surface area contributed by atoms with Gasteiger partial charge >= 0.3 is 5.97 Å². The minimum Gasteiger partial charge on any atom is -0.465 e. The van der Waals surface area contributed by atoms with Crippen molar-refractivity contribution in [3.63, 3.8) is 0 Å². The van der Waals surface area contributed by atoms with Crippen LogP contribution in [-0.4, -0.2) is 23.3 Å². The van der Waals surface area contributed by atoms with E-state index in [1.807, 2.05) is 24.3 Å². The number of carbonyl (C=O) groups is 1. The van der Waals surface area contributed by atoms with Crippen molar-refractivity contribution in [2.24, 2.45) is 0 Å². The maximum Gasteiger partial charge on any atom is 0.315 e. The first kappa shape index (κ1) is 13.7. The van der Waals surface area contributed by atoms with Gasteiger partial charge in [-0.15, -0.1) is 11.8 Å². The number of fused-ring (bicyclic) bond motifs is 1. The lowest BCUT2D eigenvalue weighted by atomic mass is 10.1. The smallest absolute Gasteiger partial charge is 0.315 e. The molecule has 0 saturated carbocycles. The SMILES string of the molecule is CCOC(=O)CSCc1ccc(N)c2cccnc12. The molecule has 0 aliphatic rings. The fourth-order valence-corrected chi connectivity index (χ4v) is 2.62. The lowest BCUT2D eigenvalue weighted by molar-refractivity contribution is -0.139. The molecular formula is C14H16N2O2S. The molecule has 2 rings (SSSR count). The Kier molecular flexibility index (Phi) is 4.63. The second-order valence-electron chi connectivity index (χ2n) is 4.01. The zero-order chi connectivity index (χ0) is 13.7. The highest BCUT2D eigenvalue weighted by Crippen LogP contribution is 2.25. The summed E-state index contributed by atoms with van der Waals surface area (Å²) in [5.74, 6) is 0.888. The monoisotopic (exact) mass is 276 g/mol. The second kappa shape index (κ2) is 6.43. The van der Waals surface area contributed by atoms with E-state index in [1.54, 1.807) is 13.1 Å². The molecule has 2 aromatic rings. The largest absolute Gasteiger partial charge is 0.465 e. The Bertz CT molecular complexity index is 587. The van der Waals surface area contributed by atoms with Crippen molar-refractivity contribution in [1.82, 2.24) is 4.98 Å². The molecule has 0 fully saturated rings. The predicted octanol–water partition coefficient (Wildman–Crippen LogP) is 2.61. The maximum absolute atomic E-state index is 11.3. The van der Waals surface area contributed by atoms with Crippen LogP contribution in [0.4, 0.5) is 5.69 Å². The molecule has 0 bridgehead atoms. The Balaban J connectivity index is 2.09. The molecule has 0 atom stereocenters. The van der Waals surface area contributed by atoms with Gasteiger partial charge in [-0.2, -0.15) is 0 Å². The number of rotatable bonds is 5. The molecule has 1 aromatic heterocycles. The normalized spacial score (nSPS) is 10.6. The van der Waals surface area contributed by atoms with Crippen molar-refractivity contribution in [3.05, 3.63) is 36.0 Å². The highest BCUT2D eigenvalue weighted by Gasteiger charge is 2.07. The van der Waals surface area contributed by atoms with E-state index in [9.17, 15) is 4.79 Å². The number of thioether (sulfide) groups is 1. The quantitative estimate of drug-likeness (QED) is 0.671. The lowest BCUT2D eigenvalue weighted by Crippen LogP contribution is -2.06. The van der Waals surface area contributed by atoms with Gasteiger partial charge in [0.1, 0.15) is 0 Å². The average molecular weight is 276 g/mol. The molecule has 0 spiro atoms. The van der Waals surface area contributed by atoms with Gasteiger partial charge in [-0.05, 0) is 30.7 Å². The first-order valence-electron chi connectivity index (χ1n) is 6.07. The Morgan fingerprint density at radius 2 is 2.26 bits per heavy atom. The Labute approximate surface area is 116 Å². The number of aromatic nitrogens is 1. The summed E-state index contributed by atoms with van der Waals surface area (Å²) in [6.45, 7) is 2.23. The molecule has 0 saturated heterocycles. The molecule has 0 unspecified atom stereocenters. The summed E-state index contributed by atoms with van der Waals surface area (Å²) < 4.78 is 4.89. The number of anilines is 1. The van der Waals surface area contributed by atoms with Gasteiger partial charge < -0.3 is 10.5 Å². The summed E-state index contributed by atoms with van der Waals surface area (Å²) >= 11 is 1.52. The van der Waals surface area contributed by atoms with Gasteiger partial charge in [0.15, 0.2) is 0 Å². The number of hydrogen-bond donors (Lipinski definition) is 1. The second-order valence-corrected chi connectivity index (χ2v) is 5.00. The first-order valence-corrected chi connectivity index (χ1v) is 7.23. The van der Waals surface area contributed by atoms with Gasteiger partial charge in [-0.1, -0.05) is 6.07 Å². The van der Waals surface area contributed by atoms with Crippen molar-refractivity contribution in [2.75, 3.05) is 18.1 Å². The predicted molar refractivity (Wildman–Crippen MR) is 79.0 cm³/mol. The molecule has 4 nitrogen and oxygen atoms in total. The number of nitrogen functional groups attached to an aromatic ring is 1. The molecule has 0 aliphatic heterocycles. The van der Waals surface area contributed by atoms with Crippen LogP contribution >= 0.6 is 11.8 Å². The van der Waals surface area contributed by atoms with Crippen molar-refractivity contribution >= 4 is 34.3 Å².